The smallest absolute Gasteiger partial charge is 0.243 e. The first-order chi connectivity index (χ1) is 20.3. The number of carbonyl (C=O) groups excluding carboxylic acids is 2. The molecule has 0 unspecified atom stereocenters. The zero-order chi connectivity index (χ0) is 31.6. The van der Waals surface area contributed by atoms with Crippen molar-refractivity contribution in [3.05, 3.63) is 95.6 Å². The van der Waals surface area contributed by atoms with Crippen LogP contribution in [0.4, 0.5) is 5.69 Å². The second kappa shape index (κ2) is 15.6. The van der Waals surface area contributed by atoms with Crippen LogP contribution < -0.4 is 20.3 Å². The van der Waals surface area contributed by atoms with Crippen molar-refractivity contribution in [3.63, 3.8) is 0 Å². The lowest BCUT2D eigenvalue weighted by Gasteiger charge is -2.31. The van der Waals surface area contributed by atoms with Crippen molar-refractivity contribution in [1.82, 2.24) is 15.5 Å². The molecule has 0 heterocycles. The molecular weight excluding hydrogens is 536 g/mol. The number of likely N-dealkylation sites (N-methyl/N-ethyl adjacent to an activating group) is 1. The molecule has 0 spiro atoms. The van der Waals surface area contributed by atoms with E-state index in [0.717, 1.165) is 28.1 Å². The third kappa shape index (κ3) is 11.4. The van der Waals surface area contributed by atoms with Crippen molar-refractivity contribution in [3.8, 4) is 5.75 Å². The normalized spacial score (nSPS) is 13.0. The van der Waals surface area contributed by atoms with Crippen LogP contribution in [0.2, 0.25) is 0 Å². The van der Waals surface area contributed by atoms with Gasteiger partial charge in [0.1, 0.15) is 18.4 Å². The van der Waals surface area contributed by atoms with Gasteiger partial charge in [-0.15, -0.1) is 0 Å². The van der Waals surface area contributed by atoms with Crippen molar-refractivity contribution in [2.45, 2.75) is 78.2 Å². The number of benzene rings is 3. The van der Waals surface area contributed by atoms with E-state index in [-0.39, 0.29) is 17.9 Å². The molecule has 3 rings (SSSR count). The number of nitrogens with one attached hydrogen (secondary N) is 2. The molecule has 0 bridgehead atoms. The fraction of sp³-hybridized carbons (Fsp3) is 0.444. The number of hydrogen-bond acceptors (Lipinski definition) is 5. The van der Waals surface area contributed by atoms with Crippen LogP contribution in [0, 0.1) is 5.92 Å². The maximum atomic E-state index is 13.8. The molecule has 3 aromatic carbocycles. The van der Waals surface area contributed by atoms with Crippen LogP contribution >= 0.6 is 0 Å². The SMILES string of the molecule is CC(C)C[C@H](C(=O)N[C@@H](Cc1ccc(OCc2ccccc2)cc1)C(=O)NC(C)(C)C)N(C)Cc1ccc(N(C)C)cc1. The first-order valence-electron chi connectivity index (χ1n) is 15.2. The molecule has 232 valence electrons. The van der Waals surface area contributed by atoms with Gasteiger partial charge in [-0.25, -0.2) is 0 Å². The van der Waals surface area contributed by atoms with E-state index < -0.39 is 11.6 Å². The Labute approximate surface area is 258 Å². The first kappa shape index (κ1) is 33.7. The monoisotopic (exact) mass is 586 g/mol. The third-order valence-electron chi connectivity index (χ3n) is 7.16. The Balaban J connectivity index is 1.73. The summed E-state index contributed by atoms with van der Waals surface area (Å²) in [5, 5.41) is 6.18. The van der Waals surface area contributed by atoms with Crippen LogP contribution in [0.5, 0.6) is 5.75 Å². The Hall–Kier alpha value is -3.84. The van der Waals surface area contributed by atoms with Gasteiger partial charge in [-0.05, 0) is 81.1 Å². The summed E-state index contributed by atoms with van der Waals surface area (Å²) in [6.07, 6.45) is 1.05. The Morgan fingerprint density at radius 2 is 1.40 bits per heavy atom. The fourth-order valence-electron chi connectivity index (χ4n) is 4.86. The number of rotatable bonds is 14. The van der Waals surface area contributed by atoms with Crippen LogP contribution in [0.3, 0.4) is 0 Å². The van der Waals surface area contributed by atoms with Crippen molar-refractivity contribution in [2.75, 3.05) is 26.0 Å². The largest absolute Gasteiger partial charge is 0.489 e. The standard InChI is InChI=1S/C36H50N4O3/c1-26(2)22-33(40(8)24-28-14-18-30(19-15-28)39(6)7)35(42)37-32(34(41)38-36(3,4)5)23-27-16-20-31(21-17-27)43-25-29-12-10-9-11-13-29/h9-21,26,32-33H,22-25H2,1-8H3,(H,37,42)(H,38,41)/t32-,33+/m0/s1. The number of ether oxygens (including phenoxy) is 1. The van der Waals surface area contributed by atoms with Crippen LogP contribution in [0.15, 0.2) is 78.9 Å². The van der Waals surface area contributed by atoms with Gasteiger partial charge in [0.05, 0.1) is 6.04 Å². The van der Waals surface area contributed by atoms with E-state index in [2.05, 4.69) is 58.5 Å². The van der Waals surface area contributed by atoms with Gasteiger partial charge in [0.25, 0.3) is 0 Å². The Kier molecular flexibility index (Phi) is 12.2. The molecule has 0 saturated carbocycles. The van der Waals surface area contributed by atoms with E-state index in [0.29, 0.717) is 31.9 Å². The van der Waals surface area contributed by atoms with Crippen molar-refractivity contribution >= 4 is 17.5 Å². The minimum atomic E-state index is -0.717. The van der Waals surface area contributed by atoms with Gasteiger partial charge in [-0.2, -0.15) is 0 Å². The molecule has 0 aliphatic carbocycles. The quantitative estimate of drug-likeness (QED) is 0.249. The molecule has 0 saturated heterocycles. The summed E-state index contributed by atoms with van der Waals surface area (Å²) in [5.74, 6) is 0.720. The van der Waals surface area contributed by atoms with Gasteiger partial charge >= 0.3 is 0 Å². The highest BCUT2D eigenvalue weighted by Crippen LogP contribution is 2.19. The van der Waals surface area contributed by atoms with Gasteiger partial charge in [-0.3, -0.25) is 14.5 Å². The molecule has 7 nitrogen and oxygen atoms in total. The minimum Gasteiger partial charge on any atom is -0.489 e. The van der Waals surface area contributed by atoms with Crippen molar-refractivity contribution in [1.29, 1.82) is 0 Å². The van der Waals surface area contributed by atoms with Crippen LogP contribution in [0.1, 0.15) is 57.7 Å². The summed E-state index contributed by atoms with van der Waals surface area (Å²) in [6.45, 7) is 11.2. The zero-order valence-corrected chi connectivity index (χ0v) is 27.2. The number of amides is 2. The molecule has 7 heteroatoms. The second-order valence-corrected chi connectivity index (χ2v) is 13.0. The summed E-state index contributed by atoms with van der Waals surface area (Å²) < 4.78 is 5.93. The Bertz CT molecular complexity index is 1280. The van der Waals surface area contributed by atoms with E-state index in [1.165, 1.54) is 0 Å². The van der Waals surface area contributed by atoms with Gasteiger partial charge in [-0.1, -0.05) is 68.4 Å². The minimum absolute atomic E-state index is 0.141. The summed E-state index contributed by atoms with van der Waals surface area (Å²) in [4.78, 5) is 31.4. The summed E-state index contributed by atoms with van der Waals surface area (Å²) in [6, 6.07) is 25.0. The van der Waals surface area contributed by atoms with Crippen LogP contribution in [-0.2, 0) is 29.2 Å². The van der Waals surface area contributed by atoms with E-state index in [4.69, 9.17) is 4.74 Å². The van der Waals surface area contributed by atoms with Gasteiger partial charge in [0.2, 0.25) is 11.8 Å². The van der Waals surface area contributed by atoms with Gasteiger partial charge in [0, 0.05) is 38.3 Å². The fourth-order valence-corrected chi connectivity index (χ4v) is 4.86. The van der Waals surface area contributed by atoms with Gasteiger partial charge < -0.3 is 20.3 Å². The highest BCUT2D eigenvalue weighted by molar-refractivity contribution is 5.90. The van der Waals surface area contributed by atoms with Crippen LogP contribution in [0.25, 0.3) is 0 Å². The van der Waals surface area contributed by atoms with Crippen molar-refractivity contribution in [2.24, 2.45) is 5.92 Å². The molecule has 3 aromatic rings. The lowest BCUT2D eigenvalue weighted by molar-refractivity contribution is -0.132. The topological polar surface area (TPSA) is 73.9 Å². The number of carbonyl (C=O) groups is 2. The Morgan fingerprint density at radius 1 is 0.791 bits per heavy atom. The number of anilines is 1. The maximum absolute atomic E-state index is 13.8. The summed E-state index contributed by atoms with van der Waals surface area (Å²) >= 11 is 0. The molecule has 2 atom stereocenters. The number of hydrogen-bond donors (Lipinski definition) is 2. The molecule has 0 aliphatic heterocycles. The van der Waals surface area contributed by atoms with E-state index >= 15 is 0 Å². The molecule has 0 radical (unpaired) electrons. The molecule has 2 amide bonds. The molecule has 2 N–H and O–H groups in total. The Morgan fingerprint density at radius 3 is 1.95 bits per heavy atom. The molecule has 0 aliphatic rings. The van der Waals surface area contributed by atoms with E-state index in [1.54, 1.807) is 0 Å². The summed E-state index contributed by atoms with van der Waals surface area (Å²) in [7, 11) is 6.01. The molecular formula is C36H50N4O3. The lowest BCUT2D eigenvalue weighted by atomic mass is 9.99. The lowest BCUT2D eigenvalue weighted by Crippen LogP contribution is -2.56. The van der Waals surface area contributed by atoms with E-state index in [9.17, 15) is 9.59 Å². The summed E-state index contributed by atoms with van der Waals surface area (Å²) in [5.41, 5.74) is 3.87. The number of nitrogens with zero attached hydrogens (tertiary/aromatic N) is 2. The van der Waals surface area contributed by atoms with Crippen molar-refractivity contribution < 1.29 is 14.3 Å². The van der Waals surface area contributed by atoms with E-state index in [1.807, 2.05) is 96.5 Å². The highest BCUT2D eigenvalue weighted by Gasteiger charge is 2.30. The second-order valence-electron chi connectivity index (χ2n) is 13.0. The molecule has 0 aromatic heterocycles. The predicted molar refractivity (Wildman–Crippen MR) is 176 cm³/mol. The molecule has 0 fully saturated rings. The average molecular weight is 587 g/mol. The highest BCUT2D eigenvalue weighted by atomic mass is 16.5. The third-order valence-corrected chi connectivity index (χ3v) is 7.16. The maximum Gasteiger partial charge on any atom is 0.243 e. The predicted octanol–water partition coefficient (Wildman–Crippen LogP) is 5.82. The van der Waals surface area contributed by atoms with Gasteiger partial charge in [0.15, 0.2) is 0 Å². The first-order valence-corrected chi connectivity index (χ1v) is 15.2. The van der Waals surface area contributed by atoms with Crippen LogP contribution in [-0.4, -0.2) is 55.5 Å². The molecule has 43 heavy (non-hydrogen) atoms. The zero-order valence-electron chi connectivity index (χ0n) is 27.2. The average Bonchev–Trinajstić information content (AvgIpc) is 2.95.